The van der Waals surface area contributed by atoms with Crippen molar-refractivity contribution in [1.82, 2.24) is 0 Å². The number of nitrogens with zero attached hydrogens (tertiary/aromatic N) is 1. The van der Waals surface area contributed by atoms with Crippen LogP contribution in [0.5, 0.6) is 5.75 Å². The molecule has 1 amide bonds. The third-order valence-electron chi connectivity index (χ3n) is 2.61. The Kier molecular flexibility index (Phi) is 4.44. The first kappa shape index (κ1) is 15.3. The second-order valence-electron chi connectivity index (χ2n) is 4.04. The number of hydrogen-bond acceptors (Lipinski definition) is 4. The third-order valence-corrected chi connectivity index (χ3v) is 3.40. The van der Waals surface area contributed by atoms with Crippen LogP contribution in [0.3, 0.4) is 0 Å². The molecule has 2 N–H and O–H groups in total. The maximum atomic E-state index is 12.0. The summed E-state index contributed by atoms with van der Waals surface area (Å²) in [5.74, 6) is -0.734. The first-order valence-corrected chi connectivity index (χ1v) is 6.79. The summed E-state index contributed by atoms with van der Waals surface area (Å²) in [4.78, 5) is 22.1. The van der Waals surface area contributed by atoms with Gasteiger partial charge in [0.1, 0.15) is 10.8 Å². The molecular formula is C13H8BrClN2O4. The van der Waals surface area contributed by atoms with E-state index >= 15 is 0 Å². The molecule has 2 aromatic rings. The van der Waals surface area contributed by atoms with E-state index < -0.39 is 10.8 Å². The normalized spacial score (nSPS) is 10.2. The van der Waals surface area contributed by atoms with Crippen molar-refractivity contribution in [2.75, 3.05) is 5.32 Å². The summed E-state index contributed by atoms with van der Waals surface area (Å²) in [7, 11) is 0. The lowest BCUT2D eigenvalue weighted by molar-refractivity contribution is -0.384. The fraction of sp³-hybridized carbons (Fsp3) is 0. The molecule has 0 aliphatic rings. The Morgan fingerprint density at radius 2 is 2.00 bits per heavy atom. The van der Waals surface area contributed by atoms with Gasteiger partial charge in [-0.2, -0.15) is 0 Å². The average molecular weight is 372 g/mol. The lowest BCUT2D eigenvalue weighted by Gasteiger charge is -2.07. The van der Waals surface area contributed by atoms with E-state index in [0.717, 1.165) is 0 Å². The van der Waals surface area contributed by atoms with Gasteiger partial charge in [0.05, 0.1) is 10.5 Å². The van der Waals surface area contributed by atoms with Crippen molar-refractivity contribution in [2.45, 2.75) is 0 Å². The van der Waals surface area contributed by atoms with Gasteiger partial charge < -0.3 is 10.4 Å². The zero-order chi connectivity index (χ0) is 15.6. The Labute approximate surface area is 132 Å². The molecule has 0 unspecified atom stereocenters. The number of hydrogen-bond donors (Lipinski definition) is 2. The van der Waals surface area contributed by atoms with Gasteiger partial charge in [-0.25, -0.2) is 0 Å². The molecule has 0 atom stereocenters. The van der Waals surface area contributed by atoms with E-state index in [-0.39, 0.29) is 27.7 Å². The average Bonchev–Trinajstić information content (AvgIpc) is 2.41. The second kappa shape index (κ2) is 6.11. The van der Waals surface area contributed by atoms with Crippen LogP contribution >= 0.6 is 27.5 Å². The number of carbonyl (C=O) groups excluding carboxylic acids is 1. The molecule has 0 spiro atoms. The van der Waals surface area contributed by atoms with Gasteiger partial charge in [-0.1, -0.05) is 27.5 Å². The van der Waals surface area contributed by atoms with Crippen molar-refractivity contribution >= 4 is 44.8 Å². The van der Waals surface area contributed by atoms with E-state index in [2.05, 4.69) is 21.2 Å². The molecule has 0 saturated carbocycles. The number of nitro benzene ring substituents is 1. The summed E-state index contributed by atoms with van der Waals surface area (Å²) in [6, 6.07) is 8.25. The largest absolute Gasteiger partial charge is 0.507 e. The zero-order valence-corrected chi connectivity index (χ0v) is 12.7. The van der Waals surface area contributed by atoms with E-state index in [1.54, 1.807) is 6.07 Å². The molecule has 21 heavy (non-hydrogen) atoms. The van der Waals surface area contributed by atoms with Gasteiger partial charge in [0.25, 0.3) is 11.6 Å². The molecule has 6 nitrogen and oxygen atoms in total. The maximum Gasteiger partial charge on any atom is 0.288 e. The van der Waals surface area contributed by atoms with Crippen LogP contribution in [0.4, 0.5) is 11.4 Å². The van der Waals surface area contributed by atoms with Crippen LogP contribution in [0, 0.1) is 10.1 Å². The van der Waals surface area contributed by atoms with Crippen LogP contribution in [0.25, 0.3) is 0 Å². The minimum atomic E-state index is -0.617. The Morgan fingerprint density at radius 3 is 2.62 bits per heavy atom. The van der Waals surface area contributed by atoms with E-state index in [9.17, 15) is 20.0 Å². The number of nitro groups is 1. The minimum absolute atomic E-state index is 0.0684. The van der Waals surface area contributed by atoms with Crippen LogP contribution in [0.2, 0.25) is 5.02 Å². The fourth-order valence-corrected chi connectivity index (χ4v) is 2.23. The lowest BCUT2D eigenvalue weighted by atomic mass is 10.2. The van der Waals surface area contributed by atoms with Gasteiger partial charge in [-0.3, -0.25) is 14.9 Å². The molecule has 0 radical (unpaired) electrons. The van der Waals surface area contributed by atoms with E-state index in [0.29, 0.717) is 4.47 Å². The highest BCUT2D eigenvalue weighted by molar-refractivity contribution is 9.10. The molecule has 0 aliphatic carbocycles. The minimum Gasteiger partial charge on any atom is -0.507 e. The van der Waals surface area contributed by atoms with E-state index in [1.165, 1.54) is 30.3 Å². The highest BCUT2D eigenvalue weighted by Gasteiger charge is 2.15. The molecule has 0 aliphatic heterocycles. The first-order chi connectivity index (χ1) is 9.88. The number of carbonyl (C=O) groups is 1. The zero-order valence-electron chi connectivity index (χ0n) is 10.3. The van der Waals surface area contributed by atoms with Crippen LogP contribution in [0.15, 0.2) is 40.9 Å². The molecule has 2 aromatic carbocycles. The monoisotopic (exact) mass is 370 g/mol. The Balaban J connectivity index is 2.26. The van der Waals surface area contributed by atoms with Gasteiger partial charge in [-0.05, 0) is 30.3 Å². The summed E-state index contributed by atoms with van der Waals surface area (Å²) in [6.45, 7) is 0. The molecule has 8 heteroatoms. The highest BCUT2D eigenvalue weighted by Crippen LogP contribution is 2.28. The SMILES string of the molecule is O=C(Nc1ccc([N+](=O)[O-])c(Cl)c1)c1cc(Br)ccc1O. The number of rotatable bonds is 3. The van der Waals surface area contributed by atoms with Crippen molar-refractivity contribution < 1.29 is 14.8 Å². The number of halogens is 2. The van der Waals surface area contributed by atoms with Crippen LogP contribution in [-0.2, 0) is 0 Å². The van der Waals surface area contributed by atoms with Crippen LogP contribution in [-0.4, -0.2) is 15.9 Å². The predicted octanol–water partition coefficient (Wildman–Crippen LogP) is 3.97. The smallest absolute Gasteiger partial charge is 0.288 e. The van der Waals surface area contributed by atoms with Gasteiger partial charge in [-0.15, -0.1) is 0 Å². The van der Waals surface area contributed by atoms with Crippen molar-refractivity contribution in [1.29, 1.82) is 0 Å². The highest BCUT2D eigenvalue weighted by atomic mass is 79.9. The number of nitrogens with one attached hydrogen (secondary N) is 1. The number of phenolic OH excluding ortho intramolecular Hbond substituents is 1. The van der Waals surface area contributed by atoms with Crippen LogP contribution < -0.4 is 5.32 Å². The number of aromatic hydroxyl groups is 1. The topological polar surface area (TPSA) is 92.5 Å². The predicted molar refractivity (Wildman–Crippen MR) is 81.9 cm³/mol. The standard InChI is InChI=1S/C13H8BrClN2O4/c14-7-1-4-12(18)9(5-7)13(19)16-8-2-3-11(17(20)21)10(15)6-8/h1-6,18H,(H,16,19). The number of phenols is 1. The molecule has 0 fully saturated rings. The quantitative estimate of drug-likeness (QED) is 0.631. The summed E-state index contributed by atoms with van der Waals surface area (Å²) < 4.78 is 0.632. The first-order valence-electron chi connectivity index (χ1n) is 5.62. The third kappa shape index (κ3) is 3.50. The Bertz CT molecular complexity index is 736. The van der Waals surface area contributed by atoms with Crippen molar-refractivity contribution in [3.63, 3.8) is 0 Å². The number of anilines is 1. The molecule has 0 bridgehead atoms. The molecule has 0 heterocycles. The van der Waals surface area contributed by atoms with Gasteiger partial charge >= 0.3 is 0 Å². The fourth-order valence-electron chi connectivity index (χ4n) is 1.62. The summed E-state index contributed by atoms with van der Waals surface area (Å²) in [5, 5.41) is 22.7. The van der Waals surface area contributed by atoms with Gasteiger partial charge in [0.15, 0.2) is 0 Å². The molecule has 0 aromatic heterocycles. The second-order valence-corrected chi connectivity index (χ2v) is 5.36. The maximum absolute atomic E-state index is 12.0. The van der Waals surface area contributed by atoms with Crippen LogP contribution in [0.1, 0.15) is 10.4 Å². The van der Waals surface area contributed by atoms with E-state index in [1.807, 2.05) is 0 Å². The van der Waals surface area contributed by atoms with Crippen molar-refractivity contribution in [2.24, 2.45) is 0 Å². The molecular weight excluding hydrogens is 364 g/mol. The Hall–Kier alpha value is -2.12. The molecule has 0 saturated heterocycles. The van der Waals surface area contributed by atoms with Gasteiger partial charge in [0, 0.05) is 16.2 Å². The van der Waals surface area contributed by atoms with Crippen molar-refractivity contribution in [3.05, 3.63) is 61.6 Å². The molecule has 2 rings (SSSR count). The summed E-state index contributed by atoms with van der Waals surface area (Å²) >= 11 is 8.96. The van der Waals surface area contributed by atoms with Crippen molar-refractivity contribution in [3.8, 4) is 5.75 Å². The number of benzene rings is 2. The van der Waals surface area contributed by atoms with Gasteiger partial charge in [0.2, 0.25) is 0 Å². The Morgan fingerprint density at radius 1 is 1.29 bits per heavy atom. The lowest BCUT2D eigenvalue weighted by Crippen LogP contribution is -2.12. The number of amides is 1. The summed E-state index contributed by atoms with van der Waals surface area (Å²) in [6.07, 6.45) is 0. The van der Waals surface area contributed by atoms with E-state index in [4.69, 9.17) is 11.6 Å². The molecule has 108 valence electrons. The summed E-state index contributed by atoms with van der Waals surface area (Å²) in [5.41, 5.74) is 0.105.